The van der Waals surface area contributed by atoms with E-state index < -0.39 is 26.5 Å². The number of hydrogen-bond donors (Lipinski definition) is 1. The Hall–Kier alpha value is -1.52. The van der Waals surface area contributed by atoms with Gasteiger partial charge < -0.3 is 0 Å². The molecule has 0 aliphatic heterocycles. The Morgan fingerprint density at radius 3 is 2.52 bits per heavy atom. The van der Waals surface area contributed by atoms with Gasteiger partial charge in [-0.2, -0.15) is 4.39 Å². The maximum absolute atomic E-state index is 13.5. The quantitative estimate of drug-likeness (QED) is 0.632. The van der Waals surface area contributed by atoms with Gasteiger partial charge in [-0.05, 0) is 40.5 Å². The molecule has 21 heavy (non-hydrogen) atoms. The highest BCUT2D eigenvalue weighted by Gasteiger charge is 2.20. The number of thiophene rings is 1. The van der Waals surface area contributed by atoms with E-state index in [2.05, 4.69) is 20.7 Å². The summed E-state index contributed by atoms with van der Waals surface area (Å²) in [5, 5.41) is 10.5. The number of aryl methyl sites for hydroxylation is 1. The molecule has 112 valence electrons. The number of hydrogen-bond acceptors (Lipinski definition) is 5. The summed E-state index contributed by atoms with van der Waals surface area (Å²) in [6.45, 7) is 1.74. The largest absolute Gasteiger partial charge is 0.304 e. The molecule has 0 atom stereocenters. The van der Waals surface area contributed by atoms with Crippen LogP contribution >= 0.6 is 27.3 Å². The molecule has 0 aliphatic carbocycles. The van der Waals surface area contributed by atoms with Crippen molar-refractivity contribution in [3.8, 4) is 0 Å². The first kappa shape index (κ1) is 15.9. The van der Waals surface area contributed by atoms with E-state index in [1.54, 1.807) is 6.92 Å². The van der Waals surface area contributed by atoms with Crippen molar-refractivity contribution >= 4 is 48.7 Å². The molecular formula is C11H8BrFN2O4S2. The molecule has 0 radical (unpaired) electrons. The van der Waals surface area contributed by atoms with Crippen LogP contribution in [0, 0.1) is 22.9 Å². The van der Waals surface area contributed by atoms with Crippen LogP contribution in [-0.2, 0) is 10.0 Å². The normalized spacial score (nSPS) is 11.4. The van der Waals surface area contributed by atoms with Crippen molar-refractivity contribution in [1.82, 2.24) is 0 Å². The van der Waals surface area contributed by atoms with E-state index in [0.29, 0.717) is 3.79 Å². The lowest BCUT2D eigenvalue weighted by molar-refractivity contribution is -0.387. The topological polar surface area (TPSA) is 89.3 Å². The van der Waals surface area contributed by atoms with Crippen LogP contribution in [0.15, 0.2) is 32.3 Å². The summed E-state index contributed by atoms with van der Waals surface area (Å²) < 4.78 is 40.6. The van der Waals surface area contributed by atoms with Crippen LogP contribution < -0.4 is 4.72 Å². The van der Waals surface area contributed by atoms with Crippen LogP contribution in [0.4, 0.5) is 15.8 Å². The monoisotopic (exact) mass is 394 g/mol. The molecule has 1 aromatic carbocycles. The average molecular weight is 395 g/mol. The number of nitro benzene ring substituents is 1. The van der Waals surface area contributed by atoms with Crippen LogP contribution in [0.25, 0.3) is 0 Å². The smallest absolute Gasteiger partial charge is 0.279 e. The first-order valence-corrected chi connectivity index (χ1v) is 8.52. The first-order valence-electron chi connectivity index (χ1n) is 5.43. The van der Waals surface area contributed by atoms with Crippen molar-refractivity contribution in [2.24, 2.45) is 0 Å². The van der Waals surface area contributed by atoms with Crippen molar-refractivity contribution < 1.29 is 17.7 Å². The van der Waals surface area contributed by atoms with Crippen molar-refractivity contribution in [3.05, 3.63) is 49.5 Å². The van der Waals surface area contributed by atoms with E-state index >= 15 is 0 Å². The Bertz CT molecular complexity index is 800. The summed E-state index contributed by atoms with van der Waals surface area (Å²) in [6.07, 6.45) is 0. The zero-order chi connectivity index (χ0) is 15.8. The summed E-state index contributed by atoms with van der Waals surface area (Å²) >= 11 is 4.24. The van der Waals surface area contributed by atoms with Crippen molar-refractivity contribution in [1.29, 1.82) is 0 Å². The molecule has 1 aromatic heterocycles. The fourth-order valence-electron chi connectivity index (χ4n) is 1.49. The minimum absolute atomic E-state index is 0.0608. The Kier molecular flexibility index (Phi) is 4.30. The number of anilines is 1. The third-order valence-electron chi connectivity index (χ3n) is 2.50. The second-order valence-corrected chi connectivity index (χ2v) is 8.33. The zero-order valence-corrected chi connectivity index (χ0v) is 13.7. The van der Waals surface area contributed by atoms with Gasteiger partial charge >= 0.3 is 5.69 Å². The number of halogens is 2. The Labute approximate surface area is 131 Å². The van der Waals surface area contributed by atoms with Crippen LogP contribution in [-0.4, -0.2) is 13.3 Å². The zero-order valence-electron chi connectivity index (χ0n) is 10.5. The molecule has 10 heteroatoms. The van der Waals surface area contributed by atoms with Gasteiger partial charge in [-0.3, -0.25) is 14.8 Å². The van der Waals surface area contributed by atoms with Crippen molar-refractivity contribution in [2.45, 2.75) is 11.1 Å². The van der Waals surface area contributed by atoms with Gasteiger partial charge in [0.05, 0.1) is 14.4 Å². The van der Waals surface area contributed by atoms with Crippen LogP contribution in [0.3, 0.4) is 0 Å². The standard InChI is InChI=1S/C11H8BrFN2O4S2/c1-6-4-10(20-11(6)12)21(18,19)14-7-2-3-9(15(16)17)8(13)5-7/h2-5,14H,1H3. The number of nitrogens with zero attached hydrogens (tertiary/aromatic N) is 1. The molecule has 0 fully saturated rings. The average Bonchev–Trinajstić information content (AvgIpc) is 2.69. The second-order valence-electron chi connectivity index (χ2n) is 4.05. The maximum Gasteiger partial charge on any atom is 0.304 e. The van der Waals surface area contributed by atoms with Gasteiger partial charge in [0.1, 0.15) is 4.21 Å². The lowest BCUT2D eigenvalue weighted by atomic mass is 10.3. The van der Waals surface area contributed by atoms with E-state index in [9.17, 15) is 22.9 Å². The van der Waals surface area contributed by atoms with Gasteiger partial charge in [0, 0.05) is 12.1 Å². The molecule has 2 rings (SSSR count). The lowest BCUT2D eigenvalue weighted by Gasteiger charge is -2.06. The SMILES string of the molecule is Cc1cc(S(=O)(=O)Nc2ccc([N+](=O)[O-])c(F)c2)sc1Br. The molecule has 0 spiro atoms. The number of benzene rings is 1. The molecule has 0 bridgehead atoms. The molecule has 6 nitrogen and oxygen atoms in total. The van der Waals surface area contributed by atoms with Gasteiger partial charge in [0.2, 0.25) is 5.82 Å². The molecule has 2 aromatic rings. The van der Waals surface area contributed by atoms with E-state index in [1.165, 1.54) is 6.07 Å². The molecule has 0 amide bonds. The predicted molar refractivity (Wildman–Crippen MR) is 80.6 cm³/mol. The van der Waals surface area contributed by atoms with E-state index in [4.69, 9.17) is 0 Å². The minimum atomic E-state index is -3.86. The molecule has 1 N–H and O–H groups in total. The van der Waals surface area contributed by atoms with Crippen molar-refractivity contribution in [2.75, 3.05) is 4.72 Å². The summed E-state index contributed by atoms with van der Waals surface area (Å²) in [7, 11) is -3.86. The van der Waals surface area contributed by atoms with Crippen LogP contribution in [0.5, 0.6) is 0 Å². The first-order chi connectivity index (χ1) is 9.70. The Morgan fingerprint density at radius 2 is 2.05 bits per heavy atom. The third-order valence-corrected chi connectivity index (χ3v) is 6.49. The number of nitro groups is 1. The second kappa shape index (κ2) is 5.70. The van der Waals surface area contributed by atoms with Gasteiger partial charge in [-0.1, -0.05) is 0 Å². The van der Waals surface area contributed by atoms with Crippen LogP contribution in [0.1, 0.15) is 5.56 Å². The van der Waals surface area contributed by atoms with Crippen LogP contribution in [0.2, 0.25) is 0 Å². The highest BCUT2D eigenvalue weighted by molar-refractivity contribution is 9.11. The number of sulfonamides is 1. The molecule has 0 aliphatic rings. The van der Waals surface area contributed by atoms with Gasteiger partial charge in [0.15, 0.2) is 0 Å². The summed E-state index contributed by atoms with van der Waals surface area (Å²) in [6, 6.07) is 4.28. The fraction of sp³-hybridized carbons (Fsp3) is 0.0909. The Morgan fingerprint density at radius 1 is 1.38 bits per heavy atom. The molecule has 0 unspecified atom stereocenters. The molecular weight excluding hydrogens is 387 g/mol. The summed E-state index contributed by atoms with van der Waals surface area (Å²) in [4.78, 5) is 9.62. The number of nitrogens with one attached hydrogen (secondary N) is 1. The van der Waals surface area contributed by atoms with E-state index in [0.717, 1.165) is 35.1 Å². The number of rotatable bonds is 4. The van der Waals surface area contributed by atoms with Gasteiger partial charge in [-0.15, -0.1) is 11.3 Å². The minimum Gasteiger partial charge on any atom is -0.279 e. The van der Waals surface area contributed by atoms with Gasteiger partial charge in [-0.25, -0.2) is 8.42 Å². The lowest BCUT2D eigenvalue weighted by Crippen LogP contribution is -2.11. The highest BCUT2D eigenvalue weighted by atomic mass is 79.9. The molecule has 0 saturated carbocycles. The fourth-order valence-corrected chi connectivity index (χ4v) is 4.76. The van der Waals surface area contributed by atoms with E-state index in [1.807, 2.05) is 0 Å². The predicted octanol–water partition coefficient (Wildman–Crippen LogP) is 3.67. The van der Waals surface area contributed by atoms with E-state index in [-0.39, 0.29) is 9.90 Å². The van der Waals surface area contributed by atoms with Gasteiger partial charge in [0.25, 0.3) is 10.0 Å². The highest BCUT2D eigenvalue weighted by Crippen LogP contribution is 2.32. The Balaban J connectivity index is 2.33. The summed E-state index contributed by atoms with van der Waals surface area (Å²) in [5.74, 6) is -1.11. The molecule has 1 heterocycles. The van der Waals surface area contributed by atoms with Crippen molar-refractivity contribution in [3.63, 3.8) is 0 Å². The molecule has 0 saturated heterocycles. The maximum atomic E-state index is 13.5. The third kappa shape index (κ3) is 3.39. The summed E-state index contributed by atoms with van der Waals surface area (Å²) in [5.41, 5.74) is -0.0387.